The summed E-state index contributed by atoms with van der Waals surface area (Å²) in [6, 6.07) is 7.18. The number of rotatable bonds is 4. The predicted octanol–water partition coefficient (Wildman–Crippen LogP) is 1.64. The molecule has 0 fully saturated rings. The minimum atomic E-state index is -0.860. The molecule has 1 atom stereocenters. The van der Waals surface area contributed by atoms with E-state index in [0.29, 0.717) is 24.3 Å². The summed E-state index contributed by atoms with van der Waals surface area (Å²) in [6.07, 6.45) is 0.292. The molecular formula is C12H13NO4. The van der Waals surface area contributed by atoms with Crippen molar-refractivity contribution in [1.82, 2.24) is 0 Å². The fourth-order valence-electron chi connectivity index (χ4n) is 1.72. The molecule has 0 spiro atoms. The largest absolute Gasteiger partial charge is 0.481 e. The first kappa shape index (κ1) is 11.4. The zero-order valence-corrected chi connectivity index (χ0v) is 9.18. The van der Waals surface area contributed by atoms with E-state index in [-0.39, 0.29) is 12.3 Å². The quantitative estimate of drug-likeness (QED) is 0.831. The van der Waals surface area contributed by atoms with Crippen molar-refractivity contribution in [2.75, 3.05) is 5.32 Å². The average molecular weight is 235 g/mol. The van der Waals surface area contributed by atoms with Gasteiger partial charge in [0, 0.05) is 6.42 Å². The van der Waals surface area contributed by atoms with E-state index in [4.69, 9.17) is 9.84 Å². The second kappa shape index (κ2) is 4.86. The molecular weight excluding hydrogens is 222 g/mol. The molecule has 0 saturated carbocycles. The van der Waals surface area contributed by atoms with E-state index >= 15 is 0 Å². The molecule has 1 amide bonds. The third kappa shape index (κ3) is 2.75. The first-order chi connectivity index (χ1) is 8.16. The Labute approximate surface area is 98.4 Å². The van der Waals surface area contributed by atoms with Gasteiger partial charge in [0.25, 0.3) is 5.91 Å². The summed E-state index contributed by atoms with van der Waals surface area (Å²) >= 11 is 0. The lowest BCUT2D eigenvalue weighted by Gasteiger charge is -2.25. The van der Waals surface area contributed by atoms with Gasteiger partial charge in [-0.05, 0) is 25.0 Å². The molecule has 90 valence electrons. The SMILES string of the molecule is O=C(O)CCCC1Oc2ccccc2NC1=O. The summed E-state index contributed by atoms with van der Waals surface area (Å²) in [5.74, 6) is -0.442. The molecule has 2 rings (SSSR count). The van der Waals surface area contributed by atoms with Gasteiger partial charge in [0.05, 0.1) is 5.69 Å². The number of carbonyl (C=O) groups excluding carboxylic acids is 1. The number of nitrogens with one attached hydrogen (secondary N) is 1. The van der Waals surface area contributed by atoms with E-state index in [2.05, 4.69) is 5.32 Å². The van der Waals surface area contributed by atoms with E-state index in [1.165, 1.54) is 0 Å². The number of anilines is 1. The Morgan fingerprint density at radius 2 is 2.18 bits per heavy atom. The number of carboxylic acids is 1. The van der Waals surface area contributed by atoms with Crippen molar-refractivity contribution < 1.29 is 19.4 Å². The van der Waals surface area contributed by atoms with E-state index in [9.17, 15) is 9.59 Å². The lowest BCUT2D eigenvalue weighted by Crippen LogP contribution is -2.36. The molecule has 0 saturated heterocycles. The number of aliphatic carboxylic acids is 1. The number of benzene rings is 1. The first-order valence-corrected chi connectivity index (χ1v) is 5.45. The monoisotopic (exact) mass is 235 g/mol. The van der Waals surface area contributed by atoms with Crippen molar-refractivity contribution in [2.45, 2.75) is 25.4 Å². The fourth-order valence-corrected chi connectivity index (χ4v) is 1.72. The molecule has 2 N–H and O–H groups in total. The normalized spacial score (nSPS) is 17.9. The molecule has 5 heteroatoms. The lowest BCUT2D eigenvalue weighted by molar-refractivity contribution is -0.137. The van der Waals surface area contributed by atoms with Gasteiger partial charge in [-0.2, -0.15) is 0 Å². The number of para-hydroxylation sites is 2. The molecule has 0 aromatic heterocycles. The number of amides is 1. The molecule has 1 aromatic carbocycles. The lowest BCUT2D eigenvalue weighted by atomic mass is 10.1. The molecule has 0 aliphatic carbocycles. The second-order valence-corrected chi connectivity index (χ2v) is 3.88. The van der Waals surface area contributed by atoms with Crippen LogP contribution in [-0.2, 0) is 9.59 Å². The van der Waals surface area contributed by atoms with Crippen LogP contribution in [0.3, 0.4) is 0 Å². The van der Waals surface area contributed by atoms with Crippen LogP contribution in [0.4, 0.5) is 5.69 Å². The summed E-state index contributed by atoms with van der Waals surface area (Å²) in [5, 5.41) is 11.3. The zero-order chi connectivity index (χ0) is 12.3. The highest BCUT2D eigenvalue weighted by atomic mass is 16.5. The van der Waals surface area contributed by atoms with Crippen LogP contribution in [0.1, 0.15) is 19.3 Å². The van der Waals surface area contributed by atoms with Gasteiger partial charge in [-0.15, -0.1) is 0 Å². The molecule has 1 unspecified atom stereocenters. The summed E-state index contributed by atoms with van der Waals surface area (Å²) < 4.78 is 5.52. The van der Waals surface area contributed by atoms with Gasteiger partial charge < -0.3 is 15.2 Å². The van der Waals surface area contributed by atoms with Crippen molar-refractivity contribution >= 4 is 17.6 Å². The van der Waals surface area contributed by atoms with Crippen LogP contribution in [0.5, 0.6) is 5.75 Å². The van der Waals surface area contributed by atoms with Gasteiger partial charge in [0.15, 0.2) is 6.10 Å². The Hall–Kier alpha value is -2.04. The van der Waals surface area contributed by atoms with Crippen molar-refractivity contribution in [1.29, 1.82) is 0 Å². The van der Waals surface area contributed by atoms with Gasteiger partial charge in [-0.1, -0.05) is 12.1 Å². The number of hydrogen-bond acceptors (Lipinski definition) is 3. The topological polar surface area (TPSA) is 75.6 Å². The minimum Gasteiger partial charge on any atom is -0.481 e. The predicted molar refractivity (Wildman–Crippen MR) is 61.0 cm³/mol. The third-order valence-corrected chi connectivity index (χ3v) is 2.56. The van der Waals surface area contributed by atoms with Crippen molar-refractivity contribution in [3.8, 4) is 5.75 Å². The van der Waals surface area contributed by atoms with Crippen LogP contribution in [-0.4, -0.2) is 23.1 Å². The molecule has 0 radical (unpaired) electrons. The number of hydrogen-bond donors (Lipinski definition) is 2. The van der Waals surface area contributed by atoms with E-state index < -0.39 is 12.1 Å². The van der Waals surface area contributed by atoms with E-state index in [1.54, 1.807) is 12.1 Å². The van der Waals surface area contributed by atoms with Gasteiger partial charge in [0.2, 0.25) is 0 Å². The Morgan fingerprint density at radius 1 is 1.41 bits per heavy atom. The summed E-state index contributed by atoms with van der Waals surface area (Å²) in [4.78, 5) is 22.0. The standard InChI is InChI=1S/C12H13NO4/c14-11(15)7-3-6-10-12(16)13-8-4-1-2-5-9(8)17-10/h1-2,4-5,10H,3,6-7H2,(H,13,16)(H,14,15). The van der Waals surface area contributed by atoms with Crippen LogP contribution in [0, 0.1) is 0 Å². The molecule has 17 heavy (non-hydrogen) atoms. The Morgan fingerprint density at radius 3 is 2.94 bits per heavy atom. The maximum absolute atomic E-state index is 11.6. The molecule has 5 nitrogen and oxygen atoms in total. The second-order valence-electron chi connectivity index (χ2n) is 3.88. The van der Waals surface area contributed by atoms with Crippen LogP contribution < -0.4 is 10.1 Å². The van der Waals surface area contributed by atoms with E-state index in [1.807, 2.05) is 12.1 Å². The maximum Gasteiger partial charge on any atom is 0.303 e. The van der Waals surface area contributed by atoms with Gasteiger partial charge in [-0.3, -0.25) is 9.59 Å². The molecule has 1 heterocycles. The van der Waals surface area contributed by atoms with Crippen molar-refractivity contribution in [2.24, 2.45) is 0 Å². The Balaban J connectivity index is 1.98. The average Bonchev–Trinajstić information content (AvgIpc) is 2.29. The van der Waals surface area contributed by atoms with Crippen molar-refractivity contribution in [3.63, 3.8) is 0 Å². The first-order valence-electron chi connectivity index (χ1n) is 5.45. The van der Waals surface area contributed by atoms with Gasteiger partial charge in [-0.25, -0.2) is 0 Å². The molecule has 1 aromatic rings. The number of ether oxygens (including phenoxy) is 1. The fraction of sp³-hybridized carbons (Fsp3) is 0.333. The highest BCUT2D eigenvalue weighted by Crippen LogP contribution is 2.29. The van der Waals surface area contributed by atoms with Gasteiger partial charge in [0.1, 0.15) is 5.75 Å². The summed E-state index contributed by atoms with van der Waals surface area (Å²) in [5.41, 5.74) is 0.659. The van der Waals surface area contributed by atoms with Crippen LogP contribution >= 0.6 is 0 Å². The Kier molecular flexibility index (Phi) is 3.27. The molecule has 1 aliphatic rings. The summed E-state index contributed by atoms with van der Waals surface area (Å²) in [7, 11) is 0. The maximum atomic E-state index is 11.6. The van der Waals surface area contributed by atoms with E-state index in [0.717, 1.165) is 0 Å². The van der Waals surface area contributed by atoms with Crippen LogP contribution in [0.2, 0.25) is 0 Å². The highest BCUT2D eigenvalue weighted by Gasteiger charge is 2.26. The molecule has 0 bridgehead atoms. The Bertz CT molecular complexity index is 444. The van der Waals surface area contributed by atoms with Crippen molar-refractivity contribution in [3.05, 3.63) is 24.3 Å². The minimum absolute atomic E-state index is 0.0504. The highest BCUT2D eigenvalue weighted by molar-refractivity contribution is 5.97. The van der Waals surface area contributed by atoms with Gasteiger partial charge >= 0.3 is 5.97 Å². The zero-order valence-electron chi connectivity index (χ0n) is 9.18. The number of fused-ring (bicyclic) bond motifs is 1. The molecule has 1 aliphatic heterocycles. The third-order valence-electron chi connectivity index (χ3n) is 2.56. The smallest absolute Gasteiger partial charge is 0.303 e. The summed E-state index contributed by atoms with van der Waals surface area (Å²) in [6.45, 7) is 0. The van der Waals surface area contributed by atoms with Crippen LogP contribution in [0.15, 0.2) is 24.3 Å². The van der Waals surface area contributed by atoms with Crippen LogP contribution in [0.25, 0.3) is 0 Å². The number of carbonyl (C=O) groups is 2. The number of carboxylic acid groups (broad SMARTS) is 1.